The van der Waals surface area contributed by atoms with Crippen molar-refractivity contribution in [2.45, 2.75) is 19.8 Å². The van der Waals surface area contributed by atoms with Gasteiger partial charge in [0.15, 0.2) is 5.82 Å². The van der Waals surface area contributed by atoms with E-state index in [9.17, 15) is 4.39 Å². The maximum Gasteiger partial charge on any atom is 0.150 e. The van der Waals surface area contributed by atoms with Gasteiger partial charge in [0, 0.05) is 23.1 Å². The number of isothiocyanates is 1. The molecule has 29 heavy (non-hydrogen) atoms. The van der Waals surface area contributed by atoms with Crippen LogP contribution in [0, 0.1) is 29.5 Å². The Morgan fingerprint density at radius 1 is 0.793 bits per heavy atom. The minimum Gasteiger partial charge on any atom is -0.205 e. The molecule has 0 aliphatic rings. The number of hydrogen-bond acceptors (Lipinski definition) is 2. The molecule has 3 heteroatoms. The molecule has 3 aromatic carbocycles. The second kappa shape index (κ2) is 10.2. The molecule has 3 rings (SSSR count). The molecule has 0 bridgehead atoms. The summed E-state index contributed by atoms with van der Waals surface area (Å²) in [7, 11) is 0. The first-order valence-corrected chi connectivity index (χ1v) is 9.69. The van der Waals surface area contributed by atoms with Gasteiger partial charge in [0.2, 0.25) is 0 Å². The van der Waals surface area contributed by atoms with Crippen molar-refractivity contribution in [3.63, 3.8) is 0 Å². The molecule has 0 saturated heterocycles. The number of thiocarbonyl (C=S) groups is 1. The highest BCUT2D eigenvalue weighted by atomic mass is 32.1. The van der Waals surface area contributed by atoms with E-state index in [1.165, 1.54) is 12.1 Å². The van der Waals surface area contributed by atoms with Crippen molar-refractivity contribution >= 4 is 23.1 Å². The first-order valence-electron chi connectivity index (χ1n) is 9.28. The predicted octanol–water partition coefficient (Wildman–Crippen LogP) is 6.78. The molecule has 0 aliphatic carbocycles. The van der Waals surface area contributed by atoms with E-state index in [1.807, 2.05) is 36.4 Å². The van der Waals surface area contributed by atoms with Crippen LogP contribution in [-0.2, 0) is 0 Å². The zero-order chi connectivity index (χ0) is 20.5. The molecule has 0 radical (unpaired) electrons. The van der Waals surface area contributed by atoms with E-state index in [0.29, 0.717) is 5.56 Å². The lowest BCUT2D eigenvalue weighted by Gasteiger charge is -2.02. The summed E-state index contributed by atoms with van der Waals surface area (Å²) in [6.07, 6.45) is 1.99. The molecule has 0 aromatic heterocycles. The van der Waals surface area contributed by atoms with Gasteiger partial charge in [-0.3, -0.25) is 0 Å². The van der Waals surface area contributed by atoms with Crippen LogP contribution in [0.15, 0.2) is 71.7 Å². The fraction of sp³-hybridized carbons (Fsp3) is 0.115. The summed E-state index contributed by atoms with van der Waals surface area (Å²) >= 11 is 4.50. The van der Waals surface area contributed by atoms with Crippen molar-refractivity contribution in [1.82, 2.24) is 0 Å². The van der Waals surface area contributed by atoms with Crippen LogP contribution in [0.1, 0.15) is 36.5 Å². The minimum absolute atomic E-state index is 0.164. The zero-order valence-corrected chi connectivity index (χ0v) is 16.8. The zero-order valence-electron chi connectivity index (χ0n) is 16.0. The average molecular weight is 396 g/mol. The summed E-state index contributed by atoms with van der Waals surface area (Å²) in [5.74, 6) is 11.9. The Labute approximate surface area is 176 Å². The minimum atomic E-state index is -0.465. The number of benzene rings is 3. The lowest BCUT2D eigenvalue weighted by molar-refractivity contribution is 0.629. The SMILES string of the molecule is CCCC#Cc1ccc(-c2ccc(C#Cc3ccc(N=C=S)c(F)c3)cc2)cc1. The van der Waals surface area contributed by atoms with Crippen LogP contribution in [0.3, 0.4) is 0 Å². The second-order valence-corrected chi connectivity index (χ2v) is 6.51. The number of nitrogens with zero attached hydrogens (tertiary/aromatic N) is 1. The van der Waals surface area contributed by atoms with Gasteiger partial charge in [-0.05, 0) is 72.2 Å². The highest BCUT2D eigenvalue weighted by Gasteiger charge is 2.01. The molecule has 3 aromatic rings. The van der Waals surface area contributed by atoms with Gasteiger partial charge in [-0.2, -0.15) is 4.99 Å². The molecule has 0 amide bonds. The number of hydrogen-bond donors (Lipinski definition) is 0. The number of halogens is 1. The van der Waals surface area contributed by atoms with Crippen LogP contribution >= 0.6 is 12.2 Å². The second-order valence-electron chi connectivity index (χ2n) is 6.33. The molecule has 0 atom stereocenters. The van der Waals surface area contributed by atoms with Gasteiger partial charge in [-0.15, -0.1) is 0 Å². The van der Waals surface area contributed by atoms with E-state index in [0.717, 1.165) is 35.1 Å². The molecule has 0 aliphatic heterocycles. The Morgan fingerprint density at radius 2 is 1.34 bits per heavy atom. The van der Waals surface area contributed by atoms with E-state index in [-0.39, 0.29) is 5.69 Å². The molecule has 1 nitrogen and oxygen atoms in total. The number of aliphatic imine (C=N–C) groups is 1. The van der Waals surface area contributed by atoms with Crippen LogP contribution in [0.2, 0.25) is 0 Å². The Balaban J connectivity index is 1.73. The van der Waals surface area contributed by atoms with Gasteiger partial charge in [0.25, 0.3) is 0 Å². The number of rotatable bonds is 3. The summed E-state index contributed by atoms with van der Waals surface area (Å²) in [6, 6.07) is 20.8. The van der Waals surface area contributed by atoms with Crippen molar-refractivity contribution in [1.29, 1.82) is 0 Å². The molecular weight excluding hydrogens is 377 g/mol. The first-order chi connectivity index (χ1) is 14.2. The standard InChI is InChI=1S/C26H18FNS/c1-2-3-4-5-20-8-13-23(14-9-20)24-15-10-21(11-16-24)6-7-22-12-17-26(28-19-29)25(27)18-22/h8-18H,2-3H2,1H3. The van der Waals surface area contributed by atoms with Crippen LogP contribution in [0.25, 0.3) is 11.1 Å². The largest absolute Gasteiger partial charge is 0.205 e. The Kier molecular flexibility index (Phi) is 7.10. The summed E-state index contributed by atoms with van der Waals surface area (Å²) in [4.78, 5) is 3.66. The van der Waals surface area contributed by atoms with Crippen molar-refractivity contribution in [3.05, 3.63) is 89.2 Å². The highest BCUT2D eigenvalue weighted by Crippen LogP contribution is 2.21. The highest BCUT2D eigenvalue weighted by molar-refractivity contribution is 7.78. The van der Waals surface area contributed by atoms with Gasteiger partial charge in [0.1, 0.15) is 5.69 Å². The predicted molar refractivity (Wildman–Crippen MR) is 121 cm³/mol. The normalized spacial score (nSPS) is 9.45. The quantitative estimate of drug-likeness (QED) is 0.270. The van der Waals surface area contributed by atoms with E-state index in [1.54, 1.807) is 6.07 Å². The fourth-order valence-electron chi connectivity index (χ4n) is 2.65. The molecule has 0 spiro atoms. The lowest BCUT2D eigenvalue weighted by Crippen LogP contribution is -1.82. The smallest absolute Gasteiger partial charge is 0.150 e. The molecule has 140 valence electrons. The van der Waals surface area contributed by atoms with Crippen LogP contribution in [0.4, 0.5) is 10.1 Å². The Hall–Kier alpha value is -3.49. The van der Waals surface area contributed by atoms with E-state index in [4.69, 9.17) is 0 Å². The van der Waals surface area contributed by atoms with Gasteiger partial charge in [0.05, 0.1) is 5.16 Å². The molecule has 0 unspecified atom stereocenters. The topological polar surface area (TPSA) is 12.4 Å². The lowest BCUT2D eigenvalue weighted by atomic mass is 10.0. The van der Waals surface area contributed by atoms with Gasteiger partial charge < -0.3 is 0 Å². The van der Waals surface area contributed by atoms with Crippen LogP contribution in [-0.4, -0.2) is 5.16 Å². The maximum atomic E-state index is 13.9. The summed E-state index contributed by atoms with van der Waals surface area (Å²) < 4.78 is 13.9. The van der Waals surface area contributed by atoms with Crippen LogP contribution < -0.4 is 0 Å². The summed E-state index contributed by atoms with van der Waals surface area (Å²) in [5, 5.41) is 2.16. The molecule has 0 fully saturated rings. The average Bonchev–Trinajstić information content (AvgIpc) is 2.75. The monoisotopic (exact) mass is 395 g/mol. The molecule has 0 saturated carbocycles. The third kappa shape index (κ3) is 5.74. The van der Waals surface area contributed by atoms with E-state index < -0.39 is 5.82 Å². The van der Waals surface area contributed by atoms with Crippen LogP contribution in [0.5, 0.6) is 0 Å². The van der Waals surface area contributed by atoms with Crippen molar-refractivity contribution < 1.29 is 4.39 Å². The first kappa shape index (κ1) is 20.2. The van der Waals surface area contributed by atoms with E-state index >= 15 is 0 Å². The van der Waals surface area contributed by atoms with Gasteiger partial charge in [-0.1, -0.05) is 54.9 Å². The summed E-state index contributed by atoms with van der Waals surface area (Å²) in [6.45, 7) is 2.12. The van der Waals surface area contributed by atoms with Crippen molar-refractivity contribution in [3.8, 4) is 34.8 Å². The third-order valence-electron chi connectivity index (χ3n) is 4.18. The Morgan fingerprint density at radius 3 is 1.90 bits per heavy atom. The molecular formula is C26H18FNS. The fourth-order valence-corrected chi connectivity index (χ4v) is 2.75. The molecule has 0 heterocycles. The van der Waals surface area contributed by atoms with Gasteiger partial charge in [-0.25, -0.2) is 4.39 Å². The van der Waals surface area contributed by atoms with Crippen molar-refractivity contribution in [2.24, 2.45) is 4.99 Å². The summed E-state index contributed by atoms with van der Waals surface area (Å²) in [5.41, 5.74) is 4.86. The van der Waals surface area contributed by atoms with Crippen molar-refractivity contribution in [2.75, 3.05) is 0 Å². The van der Waals surface area contributed by atoms with Gasteiger partial charge >= 0.3 is 0 Å². The maximum absolute atomic E-state index is 13.9. The molecule has 0 N–H and O–H groups in total. The number of unbranched alkanes of at least 4 members (excludes halogenated alkanes) is 1. The Bertz CT molecular complexity index is 1160. The third-order valence-corrected chi connectivity index (χ3v) is 4.27. The van der Waals surface area contributed by atoms with E-state index in [2.05, 4.69) is 65.1 Å².